The van der Waals surface area contributed by atoms with Crippen LogP contribution in [0.3, 0.4) is 0 Å². The molecule has 9 heteroatoms. The number of likely N-dealkylation sites (N-methyl/N-ethyl adjacent to an activating group) is 1. The zero-order chi connectivity index (χ0) is 22.4. The Labute approximate surface area is 180 Å². The maximum absolute atomic E-state index is 12.8. The fraction of sp³-hybridized carbons (Fsp3) is 0.318. The standard InChI is InChI=1S/C22H23N5O4/c1-26(22(30)19-9-8-18(31-2)12-24-19)14-20(28)27-13-15(10-17(27)11-23)21(29)25-16-6-4-3-5-7-16/h3-9,12,15,17H,10,13-14H2,1-2H3,(H,25,29). The third-order valence-electron chi connectivity index (χ3n) is 5.09. The van der Waals surface area contributed by atoms with Gasteiger partial charge in [0.2, 0.25) is 11.8 Å². The van der Waals surface area contributed by atoms with Crippen molar-refractivity contribution in [2.45, 2.75) is 12.5 Å². The quantitative estimate of drug-likeness (QED) is 0.756. The number of methoxy groups -OCH3 is 1. The summed E-state index contributed by atoms with van der Waals surface area (Å²) in [7, 11) is 2.99. The molecule has 9 nitrogen and oxygen atoms in total. The molecule has 0 aliphatic carbocycles. The highest BCUT2D eigenvalue weighted by molar-refractivity contribution is 5.96. The minimum absolute atomic E-state index is 0.124. The minimum Gasteiger partial charge on any atom is -0.495 e. The van der Waals surface area contributed by atoms with E-state index in [4.69, 9.17) is 4.74 Å². The van der Waals surface area contributed by atoms with Crippen molar-refractivity contribution in [1.29, 1.82) is 5.26 Å². The Bertz CT molecular complexity index is 987. The summed E-state index contributed by atoms with van der Waals surface area (Å²) in [5.74, 6) is -1.05. The summed E-state index contributed by atoms with van der Waals surface area (Å²) in [6, 6.07) is 13.5. The van der Waals surface area contributed by atoms with Crippen molar-refractivity contribution in [3.05, 3.63) is 54.4 Å². The third kappa shape index (κ3) is 5.17. The number of carbonyl (C=O) groups is 3. The predicted molar refractivity (Wildman–Crippen MR) is 112 cm³/mol. The van der Waals surface area contributed by atoms with Crippen LogP contribution < -0.4 is 10.1 Å². The summed E-state index contributed by atoms with van der Waals surface area (Å²) in [6.45, 7) is -0.101. The molecular weight excluding hydrogens is 398 g/mol. The van der Waals surface area contributed by atoms with Crippen molar-refractivity contribution in [3.63, 3.8) is 0 Å². The number of aromatic nitrogens is 1. The first kappa shape index (κ1) is 21.8. The second-order valence-electron chi connectivity index (χ2n) is 7.22. The number of para-hydroxylation sites is 1. The number of benzene rings is 1. The van der Waals surface area contributed by atoms with Gasteiger partial charge in [0.05, 0.1) is 31.8 Å². The Morgan fingerprint density at radius 1 is 1.26 bits per heavy atom. The third-order valence-corrected chi connectivity index (χ3v) is 5.09. The van der Waals surface area contributed by atoms with Crippen LogP contribution in [-0.2, 0) is 9.59 Å². The van der Waals surface area contributed by atoms with Crippen LogP contribution in [0, 0.1) is 17.2 Å². The average Bonchev–Trinajstić information content (AvgIpc) is 3.24. The SMILES string of the molecule is COc1ccc(C(=O)N(C)CC(=O)N2CC(C(=O)Nc3ccccc3)CC2C#N)nc1. The van der Waals surface area contributed by atoms with Crippen molar-refractivity contribution in [3.8, 4) is 11.8 Å². The first-order valence-electron chi connectivity index (χ1n) is 9.73. The molecule has 2 atom stereocenters. The molecule has 2 heterocycles. The highest BCUT2D eigenvalue weighted by Crippen LogP contribution is 2.25. The molecule has 160 valence electrons. The van der Waals surface area contributed by atoms with Crippen molar-refractivity contribution in [1.82, 2.24) is 14.8 Å². The molecule has 1 aliphatic rings. The summed E-state index contributed by atoms with van der Waals surface area (Å²) >= 11 is 0. The zero-order valence-corrected chi connectivity index (χ0v) is 17.3. The summed E-state index contributed by atoms with van der Waals surface area (Å²) in [6.07, 6.45) is 1.67. The molecule has 1 saturated heterocycles. The summed E-state index contributed by atoms with van der Waals surface area (Å²) < 4.78 is 5.02. The van der Waals surface area contributed by atoms with Gasteiger partial charge in [-0.25, -0.2) is 4.98 Å². The first-order valence-corrected chi connectivity index (χ1v) is 9.73. The van der Waals surface area contributed by atoms with E-state index in [0.29, 0.717) is 11.4 Å². The number of likely N-dealkylation sites (tertiary alicyclic amines) is 1. The molecule has 3 amide bonds. The molecule has 1 aliphatic heterocycles. The molecule has 0 bridgehead atoms. The van der Waals surface area contributed by atoms with E-state index in [1.54, 1.807) is 18.2 Å². The Morgan fingerprint density at radius 3 is 2.61 bits per heavy atom. The largest absolute Gasteiger partial charge is 0.495 e. The second-order valence-corrected chi connectivity index (χ2v) is 7.22. The number of nitrogens with zero attached hydrogens (tertiary/aromatic N) is 4. The van der Waals surface area contributed by atoms with E-state index in [2.05, 4.69) is 16.4 Å². The van der Waals surface area contributed by atoms with Crippen molar-refractivity contribution < 1.29 is 19.1 Å². The Morgan fingerprint density at radius 2 is 2.00 bits per heavy atom. The van der Waals surface area contributed by atoms with E-state index in [9.17, 15) is 19.6 Å². The van der Waals surface area contributed by atoms with Crippen molar-refractivity contribution in [2.75, 3.05) is 32.6 Å². The molecule has 1 N–H and O–H groups in total. The lowest BCUT2D eigenvalue weighted by atomic mass is 10.1. The van der Waals surface area contributed by atoms with E-state index >= 15 is 0 Å². The fourth-order valence-electron chi connectivity index (χ4n) is 3.38. The summed E-state index contributed by atoms with van der Waals surface area (Å²) in [5.41, 5.74) is 0.831. The van der Waals surface area contributed by atoms with Gasteiger partial charge in [0.15, 0.2) is 0 Å². The van der Waals surface area contributed by atoms with Gasteiger partial charge in [0.1, 0.15) is 17.5 Å². The normalized spacial score (nSPS) is 17.5. The minimum atomic E-state index is -0.721. The Hall–Kier alpha value is -3.93. The predicted octanol–water partition coefficient (Wildman–Crippen LogP) is 1.54. The number of hydrogen-bond donors (Lipinski definition) is 1. The number of pyridine rings is 1. The van der Waals surface area contributed by atoms with E-state index in [1.165, 1.54) is 36.2 Å². The molecule has 2 unspecified atom stereocenters. The van der Waals surface area contributed by atoms with E-state index < -0.39 is 23.8 Å². The molecule has 0 radical (unpaired) electrons. The highest BCUT2D eigenvalue weighted by atomic mass is 16.5. The van der Waals surface area contributed by atoms with Crippen molar-refractivity contribution >= 4 is 23.4 Å². The number of amides is 3. The van der Waals surface area contributed by atoms with Gasteiger partial charge in [-0.05, 0) is 30.7 Å². The lowest BCUT2D eigenvalue weighted by Crippen LogP contribution is -2.43. The lowest BCUT2D eigenvalue weighted by Gasteiger charge is -2.23. The second kappa shape index (κ2) is 9.71. The van der Waals surface area contributed by atoms with Crippen molar-refractivity contribution in [2.24, 2.45) is 5.92 Å². The van der Waals surface area contributed by atoms with Crippen LogP contribution in [0.5, 0.6) is 5.75 Å². The van der Waals surface area contributed by atoms with Crippen LogP contribution in [-0.4, -0.2) is 65.8 Å². The topological polar surface area (TPSA) is 116 Å². The van der Waals surface area contributed by atoms with Crippen LogP contribution >= 0.6 is 0 Å². The van der Waals surface area contributed by atoms with Gasteiger partial charge in [-0.2, -0.15) is 5.26 Å². The van der Waals surface area contributed by atoms with Gasteiger partial charge in [-0.15, -0.1) is 0 Å². The highest BCUT2D eigenvalue weighted by Gasteiger charge is 2.39. The molecular formula is C22H23N5O4. The van der Waals surface area contributed by atoms with E-state index in [1.807, 2.05) is 18.2 Å². The number of hydrogen-bond acceptors (Lipinski definition) is 6. The van der Waals surface area contributed by atoms with Crippen LogP contribution in [0.4, 0.5) is 5.69 Å². The summed E-state index contributed by atoms with van der Waals surface area (Å²) in [5, 5.41) is 12.3. The van der Waals surface area contributed by atoms with Crippen LogP contribution in [0.2, 0.25) is 0 Å². The first-order chi connectivity index (χ1) is 14.9. The number of nitrogens with one attached hydrogen (secondary N) is 1. The van der Waals surface area contributed by atoms with E-state index in [-0.39, 0.29) is 31.1 Å². The summed E-state index contributed by atoms with van der Waals surface area (Å²) in [4.78, 5) is 44.5. The maximum Gasteiger partial charge on any atom is 0.272 e. The monoisotopic (exact) mass is 421 g/mol. The average molecular weight is 421 g/mol. The number of carbonyl (C=O) groups excluding carboxylic acids is 3. The van der Waals surface area contributed by atoms with E-state index in [0.717, 1.165) is 0 Å². The van der Waals surface area contributed by atoms with Gasteiger partial charge in [-0.1, -0.05) is 18.2 Å². The van der Waals surface area contributed by atoms with Crippen LogP contribution in [0.1, 0.15) is 16.9 Å². The molecule has 2 aromatic rings. The molecule has 1 fully saturated rings. The molecule has 1 aromatic carbocycles. The number of nitriles is 1. The molecule has 0 spiro atoms. The van der Waals surface area contributed by atoms with Gasteiger partial charge in [0, 0.05) is 19.3 Å². The smallest absolute Gasteiger partial charge is 0.272 e. The fourth-order valence-corrected chi connectivity index (χ4v) is 3.38. The Balaban J connectivity index is 1.61. The molecule has 31 heavy (non-hydrogen) atoms. The maximum atomic E-state index is 12.8. The van der Waals surface area contributed by atoms with Gasteiger partial charge >= 0.3 is 0 Å². The van der Waals surface area contributed by atoms with Gasteiger partial charge < -0.3 is 19.9 Å². The number of anilines is 1. The Kier molecular flexibility index (Phi) is 6.82. The lowest BCUT2D eigenvalue weighted by molar-refractivity contribution is -0.131. The van der Waals surface area contributed by atoms with Gasteiger partial charge in [0.25, 0.3) is 5.91 Å². The number of rotatable bonds is 6. The zero-order valence-electron chi connectivity index (χ0n) is 17.3. The van der Waals surface area contributed by atoms with Crippen LogP contribution in [0.15, 0.2) is 48.7 Å². The molecule has 0 saturated carbocycles. The molecule has 3 rings (SSSR count). The number of ether oxygens (including phenoxy) is 1. The van der Waals surface area contributed by atoms with Gasteiger partial charge in [-0.3, -0.25) is 14.4 Å². The van der Waals surface area contributed by atoms with Crippen LogP contribution in [0.25, 0.3) is 0 Å². The molecule has 1 aromatic heterocycles.